The number of hydrogen-bond acceptors (Lipinski definition) is 4. The highest BCUT2D eigenvalue weighted by Gasteiger charge is 2.33. The van der Waals surface area contributed by atoms with Crippen LogP contribution in [0.2, 0.25) is 0 Å². The summed E-state index contributed by atoms with van der Waals surface area (Å²) in [7, 11) is -3.07. The fraction of sp³-hybridized carbons (Fsp3) is 0.536. The maximum absolute atomic E-state index is 13.2. The lowest BCUT2D eigenvalue weighted by Gasteiger charge is -2.18. The van der Waals surface area contributed by atoms with Crippen molar-refractivity contribution >= 4 is 13.5 Å². The van der Waals surface area contributed by atoms with E-state index in [9.17, 15) is 9.36 Å². The van der Waals surface area contributed by atoms with Crippen LogP contribution in [-0.4, -0.2) is 31.8 Å². The highest BCUT2D eigenvalue weighted by atomic mass is 31.2. The number of amides is 1. The predicted octanol–water partition coefficient (Wildman–Crippen LogP) is 7.08. The zero-order valence-corrected chi connectivity index (χ0v) is 21.9. The minimum atomic E-state index is -3.07. The zero-order valence-electron chi connectivity index (χ0n) is 21.0. The quantitative estimate of drug-likeness (QED) is 0.216. The molecule has 0 fully saturated rings. The van der Waals surface area contributed by atoms with Crippen LogP contribution >= 0.6 is 7.60 Å². The summed E-state index contributed by atoms with van der Waals surface area (Å²) in [6, 6.07) is 14.6. The molecule has 1 unspecified atom stereocenters. The van der Waals surface area contributed by atoms with Crippen molar-refractivity contribution in [1.29, 1.82) is 0 Å². The molecule has 0 spiro atoms. The van der Waals surface area contributed by atoms with Gasteiger partial charge in [0.25, 0.3) is 0 Å². The molecule has 2 aromatic rings. The summed E-state index contributed by atoms with van der Waals surface area (Å²) < 4.78 is 24.7. The second kappa shape index (κ2) is 13.2. The Balaban J connectivity index is 1.71. The van der Waals surface area contributed by atoms with E-state index in [1.165, 1.54) is 5.56 Å². The van der Waals surface area contributed by atoms with Crippen LogP contribution < -0.4 is 5.32 Å². The molecule has 186 valence electrons. The molecule has 0 aliphatic heterocycles. The molecular weight excluding hydrogens is 445 g/mol. The maximum atomic E-state index is 13.2. The molecule has 3 rings (SSSR count). The van der Waals surface area contributed by atoms with E-state index in [0.29, 0.717) is 25.9 Å². The molecule has 0 radical (unpaired) electrons. The highest BCUT2D eigenvalue weighted by molar-refractivity contribution is 7.53. The third kappa shape index (κ3) is 6.81. The first kappa shape index (κ1) is 26.7. The van der Waals surface area contributed by atoms with Gasteiger partial charge in [0.2, 0.25) is 5.91 Å². The molecule has 0 bridgehead atoms. The van der Waals surface area contributed by atoms with E-state index in [-0.39, 0.29) is 11.8 Å². The number of carbonyl (C=O) groups excluding carboxylic acids is 1. The maximum Gasteiger partial charge on any atom is 0.330 e. The Bertz CT molecular complexity index is 976. The molecule has 2 aromatic carbocycles. The van der Waals surface area contributed by atoms with Gasteiger partial charge in [-0.3, -0.25) is 9.36 Å². The van der Waals surface area contributed by atoms with Crippen LogP contribution in [0.4, 0.5) is 0 Å². The number of fused-ring (bicyclic) bond motifs is 3. The molecule has 0 heterocycles. The van der Waals surface area contributed by atoms with Crippen molar-refractivity contribution < 1.29 is 18.4 Å². The summed E-state index contributed by atoms with van der Waals surface area (Å²) in [5.74, 6) is -0.193. The second-order valence-electron chi connectivity index (χ2n) is 9.04. The number of unbranched alkanes of at least 4 members (excludes halogenated alkanes) is 2. The first-order valence-corrected chi connectivity index (χ1v) is 14.6. The molecule has 0 aromatic heterocycles. The van der Waals surface area contributed by atoms with Crippen molar-refractivity contribution in [3.8, 4) is 11.1 Å². The van der Waals surface area contributed by atoms with E-state index in [1.54, 1.807) is 0 Å². The van der Waals surface area contributed by atoms with E-state index in [1.807, 2.05) is 12.1 Å². The average Bonchev–Trinajstić information content (AvgIpc) is 3.17. The lowest BCUT2D eigenvalue weighted by atomic mass is 9.95. The summed E-state index contributed by atoms with van der Waals surface area (Å²) in [5, 5.41) is 3.07. The summed E-state index contributed by atoms with van der Waals surface area (Å²) in [4.78, 5) is 12.9. The first-order valence-electron chi connectivity index (χ1n) is 12.9. The van der Waals surface area contributed by atoms with Gasteiger partial charge < -0.3 is 14.4 Å². The number of rotatable bonds is 15. The van der Waals surface area contributed by atoms with Gasteiger partial charge in [0.1, 0.15) is 0 Å². The van der Waals surface area contributed by atoms with E-state index < -0.39 is 7.60 Å². The van der Waals surface area contributed by atoms with Crippen LogP contribution in [-0.2, 0) is 24.8 Å². The van der Waals surface area contributed by atoms with Crippen molar-refractivity contribution in [3.63, 3.8) is 0 Å². The van der Waals surface area contributed by atoms with Crippen LogP contribution in [0, 0.1) is 0 Å². The average molecular weight is 486 g/mol. The fourth-order valence-electron chi connectivity index (χ4n) is 4.38. The van der Waals surface area contributed by atoms with Gasteiger partial charge in [0.15, 0.2) is 0 Å². The molecule has 5 nitrogen and oxygen atoms in total. The van der Waals surface area contributed by atoms with Crippen LogP contribution in [0.5, 0.6) is 0 Å². The van der Waals surface area contributed by atoms with Gasteiger partial charge in [-0.25, -0.2) is 0 Å². The van der Waals surface area contributed by atoms with Gasteiger partial charge in [0, 0.05) is 6.54 Å². The molecule has 0 saturated heterocycles. The van der Waals surface area contributed by atoms with Gasteiger partial charge in [-0.2, -0.15) is 0 Å². The van der Waals surface area contributed by atoms with Gasteiger partial charge in [-0.1, -0.05) is 76.1 Å². The van der Waals surface area contributed by atoms with Crippen LogP contribution in [0.3, 0.4) is 0 Å². The van der Waals surface area contributed by atoms with Gasteiger partial charge in [-0.05, 0) is 59.9 Å². The van der Waals surface area contributed by atoms with Gasteiger partial charge in [-0.15, -0.1) is 0 Å². The zero-order chi connectivity index (χ0) is 24.4. The van der Waals surface area contributed by atoms with E-state index >= 15 is 0 Å². The van der Waals surface area contributed by atoms with Crippen LogP contribution in [0.15, 0.2) is 42.5 Å². The minimum Gasteiger partial charge on any atom is -0.355 e. The number of benzene rings is 2. The SMILES string of the molecule is CCCCOP(=O)(CCCc1ccc2c(c1)-c1ccccc1C2C(=O)NCCC)OCCCC. The highest BCUT2D eigenvalue weighted by Crippen LogP contribution is 2.49. The number of nitrogens with one attached hydrogen (secondary N) is 1. The Morgan fingerprint density at radius 3 is 2.24 bits per heavy atom. The molecule has 0 saturated carbocycles. The van der Waals surface area contributed by atoms with E-state index in [2.05, 4.69) is 56.4 Å². The summed E-state index contributed by atoms with van der Waals surface area (Å²) in [6.07, 6.45) is 6.65. The van der Waals surface area contributed by atoms with Crippen LogP contribution in [0.25, 0.3) is 11.1 Å². The largest absolute Gasteiger partial charge is 0.355 e. The molecule has 1 atom stereocenters. The van der Waals surface area contributed by atoms with Crippen LogP contribution in [0.1, 0.15) is 81.9 Å². The molecule has 1 aliphatic rings. The third-order valence-corrected chi connectivity index (χ3v) is 8.29. The summed E-state index contributed by atoms with van der Waals surface area (Å²) >= 11 is 0. The molecule has 1 N–H and O–H groups in total. The first-order chi connectivity index (χ1) is 16.5. The van der Waals surface area contributed by atoms with Crippen molar-refractivity contribution in [2.45, 2.75) is 71.6 Å². The number of carbonyl (C=O) groups is 1. The predicted molar refractivity (Wildman–Crippen MR) is 140 cm³/mol. The Kier molecular flexibility index (Phi) is 10.4. The molecule has 6 heteroatoms. The lowest BCUT2D eigenvalue weighted by Crippen LogP contribution is -2.29. The molecule has 34 heavy (non-hydrogen) atoms. The van der Waals surface area contributed by atoms with Gasteiger partial charge >= 0.3 is 7.60 Å². The monoisotopic (exact) mass is 485 g/mol. The molecule has 1 aliphatic carbocycles. The normalized spacial score (nSPS) is 14.6. The Labute approximate surface area is 205 Å². The van der Waals surface area contributed by atoms with E-state index in [4.69, 9.17) is 9.05 Å². The van der Waals surface area contributed by atoms with E-state index in [0.717, 1.165) is 67.2 Å². The second-order valence-corrected chi connectivity index (χ2v) is 11.2. The van der Waals surface area contributed by atoms with Crippen molar-refractivity contribution in [1.82, 2.24) is 5.32 Å². The molecular formula is C28H40NO4P. The van der Waals surface area contributed by atoms with Crippen molar-refractivity contribution in [2.24, 2.45) is 0 Å². The van der Waals surface area contributed by atoms with Gasteiger partial charge in [0.05, 0.1) is 25.3 Å². The number of aryl methyl sites for hydroxylation is 1. The lowest BCUT2D eigenvalue weighted by molar-refractivity contribution is -0.121. The fourth-order valence-corrected chi connectivity index (χ4v) is 6.07. The summed E-state index contributed by atoms with van der Waals surface area (Å²) in [5.41, 5.74) is 5.58. The Morgan fingerprint density at radius 2 is 1.56 bits per heavy atom. The molecule has 1 amide bonds. The van der Waals surface area contributed by atoms with Crippen molar-refractivity contribution in [2.75, 3.05) is 25.9 Å². The minimum absolute atomic E-state index is 0.0650. The Hall–Kier alpha value is -1.94. The third-order valence-electron chi connectivity index (χ3n) is 6.27. The Morgan fingerprint density at radius 1 is 0.882 bits per heavy atom. The topological polar surface area (TPSA) is 64.6 Å². The van der Waals surface area contributed by atoms with Crippen molar-refractivity contribution in [3.05, 3.63) is 59.2 Å². The smallest absolute Gasteiger partial charge is 0.330 e. The number of hydrogen-bond donors (Lipinski definition) is 1. The summed E-state index contributed by atoms with van der Waals surface area (Å²) in [6.45, 7) is 7.90. The standard InChI is InChI=1S/C28H40NO4P/c1-4-7-18-32-34(31,33-19-8-5-2)20-11-12-22-15-16-25-26(21-22)23-13-9-10-14-24(23)27(25)28(30)29-17-6-3/h9-10,13-16,21,27H,4-8,11-12,17-20H2,1-3H3,(H,29,30).